The smallest absolute Gasteiger partial charge is 0.366 e. The SMILES string of the molecule is Cc1ccc(-c2[nH]c(-c3ccnc4[nH]ccc34)cc2C(N)=O)c(C(F)(F)F)c1. The van der Waals surface area contributed by atoms with E-state index < -0.39 is 17.6 Å². The molecule has 0 aliphatic carbocycles. The number of alkyl halides is 3. The lowest BCUT2D eigenvalue weighted by molar-refractivity contribution is -0.137. The summed E-state index contributed by atoms with van der Waals surface area (Å²) < 4.78 is 40.8. The van der Waals surface area contributed by atoms with Gasteiger partial charge >= 0.3 is 6.18 Å². The van der Waals surface area contributed by atoms with Gasteiger partial charge in [-0.2, -0.15) is 13.2 Å². The van der Waals surface area contributed by atoms with Crippen LogP contribution in [0.25, 0.3) is 33.5 Å². The van der Waals surface area contributed by atoms with E-state index in [0.717, 1.165) is 11.5 Å². The summed E-state index contributed by atoms with van der Waals surface area (Å²) in [7, 11) is 0. The van der Waals surface area contributed by atoms with Gasteiger partial charge in [0.1, 0.15) is 5.65 Å². The average molecular weight is 384 g/mol. The number of fused-ring (bicyclic) bond motifs is 1. The van der Waals surface area contributed by atoms with Crippen LogP contribution in [0.1, 0.15) is 21.5 Å². The molecular weight excluding hydrogens is 369 g/mol. The number of pyridine rings is 1. The Morgan fingerprint density at radius 1 is 1.11 bits per heavy atom. The highest BCUT2D eigenvalue weighted by atomic mass is 19.4. The van der Waals surface area contributed by atoms with Crippen LogP contribution in [-0.2, 0) is 6.18 Å². The van der Waals surface area contributed by atoms with Crippen molar-refractivity contribution >= 4 is 16.9 Å². The van der Waals surface area contributed by atoms with Gasteiger partial charge in [-0.3, -0.25) is 4.79 Å². The van der Waals surface area contributed by atoms with E-state index in [-0.39, 0.29) is 16.8 Å². The highest BCUT2D eigenvalue weighted by molar-refractivity contribution is 6.02. The number of aromatic amines is 2. The van der Waals surface area contributed by atoms with E-state index in [4.69, 9.17) is 5.73 Å². The average Bonchev–Trinajstić information content (AvgIpc) is 3.27. The molecule has 28 heavy (non-hydrogen) atoms. The zero-order chi connectivity index (χ0) is 20.1. The maximum atomic E-state index is 13.6. The number of carbonyl (C=O) groups excluding carboxylic acids is 1. The molecule has 4 aromatic rings. The van der Waals surface area contributed by atoms with Gasteiger partial charge in [-0.15, -0.1) is 0 Å². The Bertz CT molecular complexity index is 1200. The minimum absolute atomic E-state index is 0.00940. The first-order chi connectivity index (χ1) is 13.3. The number of primary amides is 1. The standard InChI is InChI=1S/C20H15F3N4O/c1-10-2-3-13(15(8-10)20(21,22)23)17-14(18(24)28)9-16(27-17)11-4-6-25-19-12(11)5-7-26-19/h2-9,27H,1H3,(H2,24,28)(H,25,26). The molecular formula is C20H15F3N4O. The Morgan fingerprint density at radius 3 is 2.61 bits per heavy atom. The van der Waals surface area contributed by atoms with E-state index >= 15 is 0 Å². The predicted molar refractivity (Wildman–Crippen MR) is 99.6 cm³/mol. The number of benzene rings is 1. The number of aryl methyl sites for hydroxylation is 1. The highest BCUT2D eigenvalue weighted by Crippen LogP contribution is 2.40. The summed E-state index contributed by atoms with van der Waals surface area (Å²) in [4.78, 5) is 22.1. The minimum atomic E-state index is -4.58. The summed E-state index contributed by atoms with van der Waals surface area (Å²) in [6, 6.07) is 8.95. The van der Waals surface area contributed by atoms with Crippen molar-refractivity contribution in [3.05, 3.63) is 65.5 Å². The van der Waals surface area contributed by atoms with Gasteiger partial charge < -0.3 is 15.7 Å². The molecule has 0 spiro atoms. The first kappa shape index (κ1) is 17.8. The normalized spacial score (nSPS) is 11.9. The third-order valence-corrected chi connectivity index (χ3v) is 4.58. The number of rotatable bonds is 3. The topological polar surface area (TPSA) is 87.6 Å². The Morgan fingerprint density at radius 2 is 1.89 bits per heavy atom. The number of halogens is 3. The van der Waals surface area contributed by atoms with Gasteiger partial charge in [0, 0.05) is 34.6 Å². The van der Waals surface area contributed by atoms with E-state index in [1.807, 2.05) is 0 Å². The Hall–Kier alpha value is -3.55. The number of H-pyrrole nitrogens is 2. The lowest BCUT2D eigenvalue weighted by Crippen LogP contribution is -2.13. The fraction of sp³-hybridized carbons (Fsp3) is 0.100. The summed E-state index contributed by atoms with van der Waals surface area (Å²) >= 11 is 0. The van der Waals surface area contributed by atoms with Crippen LogP contribution in [0.2, 0.25) is 0 Å². The number of hydrogen-bond acceptors (Lipinski definition) is 2. The van der Waals surface area contributed by atoms with Gasteiger partial charge in [-0.1, -0.05) is 17.7 Å². The quantitative estimate of drug-likeness (QED) is 0.480. The summed E-state index contributed by atoms with van der Waals surface area (Å²) in [5, 5.41) is 0.770. The van der Waals surface area contributed by atoms with E-state index in [0.29, 0.717) is 22.5 Å². The number of amides is 1. The second kappa shape index (κ2) is 6.26. The van der Waals surface area contributed by atoms with Crippen molar-refractivity contribution in [2.24, 2.45) is 5.73 Å². The van der Waals surface area contributed by atoms with Crippen molar-refractivity contribution in [1.29, 1.82) is 0 Å². The molecule has 0 bridgehead atoms. The Kier molecular flexibility index (Phi) is 3.99. The number of hydrogen-bond donors (Lipinski definition) is 3. The van der Waals surface area contributed by atoms with Crippen LogP contribution in [0.3, 0.4) is 0 Å². The van der Waals surface area contributed by atoms with Crippen molar-refractivity contribution < 1.29 is 18.0 Å². The van der Waals surface area contributed by atoms with Crippen molar-refractivity contribution in [1.82, 2.24) is 15.0 Å². The molecule has 0 saturated heterocycles. The number of carbonyl (C=O) groups is 1. The van der Waals surface area contributed by atoms with Gasteiger partial charge in [-0.25, -0.2) is 4.98 Å². The molecule has 0 radical (unpaired) electrons. The molecule has 3 aromatic heterocycles. The number of nitrogens with one attached hydrogen (secondary N) is 2. The predicted octanol–water partition coefficient (Wildman–Crippen LogP) is 4.65. The first-order valence-corrected chi connectivity index (χ1v) is 8.39. The minimum Gasteiger partial charge on any atom is -0.366 e. The van der Waals surface area contributed by atoms with Crippen LogP contribution >= 0.6 is 0 Å². The molecule has 3 heterocycles. The number of nitrogens with zero attached hydrogens (tertiary/aromatic N) is 1. The number of aromatic nitrogens is 3. The molecule has 4 rings (SSSR count). The summed E-state index contributed by atoms with van der Waals surface area (Å²) in [5.41, 5.74) is 6.80. The zero-order valence-electron chi connectivity index (χ0n) is 14.7. The third kappa shape index (κ3) is 2.92. The Labute approximate surface area is 157 Å². The van der Waals surface area contributed by atoms with Crippen LogP contribution in [-0.4, -0.2) is 20.9 Å². The molecule has 0 aliphatic rings. The second-order valence-electron chi connectivity index (χ2n) is 6.48. The van der Waals surface area contributed by atoms with E-state index in [9.17, 15) is 18.0 Å². The van der Waals surface area contributed by atoms with Crippen LogP contribution in [0, 0.1) is 6.92 Å². The molecule has 1 aromatic carbocycles. The molecule has 0 fully saturated rings. The van der Waals surface area contributed by atoms with Crippen LogP contribution in [0.5, 0.6) is 0 Å². The van der Waals surface area contributed by atoms with Crippen molar-refractivity contribution in [2.45, 2.75) is 13.1 Å². The van der Waals surface area contributed by atoms with Crippen LogP contribution < -0.4 is 5.73 Å². The van der Waals surface area contributed by atoms with Gasteiger partial charge in [0.2, 0.25) is 0 Å². The summed E-state index contributed by atoms with van der Waals surface area (Å²) in [6.07, 6.45) is -1.29. The number of nitrogens with two attached hydrogens (primary N) is 1. The highest BCUT2D eigenvalue weighted by Gasteiger charge is 2.35. The molecule has 4 N–H and O–H groups in total. The molecule has 142 valence electrons. The lowest BCUT2D eigenvalue weighted by atomic mass is 9.99. The van der Waals surface area contributed by atoms with E-state index in [1.165, 1.54) is 12.1 Å². The maximum absolute atomic E-state index is 13.6. The van der Waals surface area contributed by atoms with Gasteiger partial charge in [0.05, 0.1) is 16.8 Å². The maximum Gasteiger partial charge on any atom is 0.417 e. The van der Waals surface area contributed by atoms with Gasteiger partial charge in [-0.05, 0) is 31.2 Å². The van der Waals surface area contributed by atoms with Crippen LogP contribution in [0.15, 0.2) is 48.8 Å². The van der Waals surface area contributed by atoms with Crippen LogP contribution in [0.4, 0.5) is 13.2 Å². The molecule has 5 nitrogen and oxygen atoms in total. The third-order valence-electron chi connectivity index (χ3n) is 4.58. The van der Waals surface area contributed by atoms with Gasteiger partial charge in [0.15, 0.2) is 0 Å². The second-order valence-corrected chi connectivity index (χ2v) is 6.48. The monoisotopic (exact) mass is 384 g/mol. The largest absolute Gasteiger partial charge is 0.417 e. The van der Waals surface area contributed by atoms with Crippen molar-refractivity contribution in [3.63, 3.8) is 0 Å². The molecule has 8 heteroatoms. The molecule has 0 unspecified atom stereocenters. The first-order valence-electron chi connectivity index (χ1n) is 8.39. The summed E-state index contributed by atoms with van der Waals surface area (Å²) in [5.74, 6) is -0.814. The molecule has 0 atom stereocenters. The van der Waals surface area contributed by atoms with Crippen molar-refractivity contribution in [3.8, 4) is 22.5 Å². The Balaban J connectivity index is 1.98. The fourth-order valence-electron chi connectivity index (χ4n) is 3.31. The van der Waals surface area contributed by atoms with E-state index in [2.05, 4.69) is 15.0 Å². The summed E-state index contributed by atoms with van der Waals surface area (Å²) in [6.45, 7) is 1.58. The van der Waals surface area contributed by atoms with E-state index in [1.54, 1.807) is 37.5 Å². The zero-order valence-corrected chi connectivity index (χ0v) is 14.7. The van der Waals surface area contributed by atoms with Gasteiger partial charge in [0.25, 0.3) is 5.91 Å². The molecule has 0 aliphatic heterocycles. The molecule has 1 amide bonds. The fourth-order valence-corrected chi connectivity index (χ4v) is 3.31. The van der Waals surface area contributed by atoms with Crippen molar-refractivity contribution in [2.75, 3.05) is 0 Å². The lowest BCUT2D eigenvalue weighted by Gasteiger charge is -2.14. The molecule has 0 saturated carbocycles.